The summed E-state index contributed by atoms with van der Waals surface area (Å²) in [4.78, 5) is 10.8. The zero-order valence-corrected chi connectivity index (χ0v) is 12.4. The molecule has 0 aliphatic heterocycles. The smallest absolute Gasteiger partial charge is 0.240 e. The van der Waals surface area contributed by atoms with Crippen LogP contribution in [-0.2, 0) is 14.8 Å². The largest absolute Gasteiger partial charge is 0.370 e. The van der Waals surface area contributed by atoms with E-state index in [1.807, 2.05) is 24.3 Å². The number of primary amides is 1. The minimum Gasteiger partial charge on any atom is -0.370 e. The van der Waals surface area contributed by atoms with Gasteiger partial charge in [-0.2, -0.15) is 0 Å². The lowest BCUT2D eigenvalue weighted by Crippen LogP contribution is -2.25. The average molecular weight is 306 g/mol. The molecule has 0 aliphatic rings. The summed E-state index contributed by atoms with van der Waals surface area (Å²) >= 11 is 0. The Bertz CT molecular complexity index is 741. The Morgan fingerprint density at radius 2 is 1.76 bits per heavy atom. The van der Waals surface area contributed by atoms with E-state index >= 15 is 0 Å². The summed E-state index contributed by atoms with van der Waals surface area (Å²) in [7, 11) is -3.52. The van der Waals surface area contributed by atoms with Crippen molar-refractivity contribution >= 4 is 26.7 Å². The molecule has 0 aromatic heterocycles. The van der Waals surface area contributed by atoms with E-state index < -0.39 is 10.0 Å². The van der Waals surface area contributed by atoms with Gasteiger partial charge in [0.25, 0.3) is 0 Å². The number of carbonyl (C=O) groups excluding carboxylic acids is 1. The molecule has 0 radical (unpaired) electrons. The van der Waals surface area contributed by atoms with Gasteiger partial charge in [-0.15, -0.1) is 0 Å². The Hall–Kier alpha value is -1.92. The van der Waals surface area contributed by atoms with Crippen LogP contribution in [0.15, 0.2) is 47.4 Å². The molecule has 3 N–H and O–H groups in total. The van der Waals surface area contributed by atoms with Crippen LogP contribution < -0.4 is 10.5 Å². The maximum atomic E-state index is 12.2. The SMILES string of the molecule is NC(=O)CCCCNS(=O)(=O)c1ccc2ccccc2c1. The minimum absolute atomic E-state index is 0.246. The molecular formula is C15H18N2O3S. The number of unbranched alkanes of at least 4 members (excludes halogenated alkanes) is 1. The van der Waals surface area contributed by atoms with E-state index in [1.165, 1.54) is 0 Å². The lowest BCUT2D eigenvalue weighted by Gasteiger charge is -2.07. The second-order valence-corrected chi connectivity index (χ2v) is 6.60. The van der Waals surface area contributed by atoms with Gasteiger partial charge in [-0.05, 0) is 35.7 Å². The Labute approximate surface area is 124 Å². The number of nitrogens with one attached hydrogen (secondary N) is 1. The molecule has 0 bridgehead atoms. The lowest BCUT2D eigenvalue weighted by atomic mass is 10.1. The summed E-state index contributed by atoms with van der Waals surface area (Å²) in [6, 6.07) is 12.6. The highest BCUT2D eigenvalue weighted by atomic mass is 32.2. The Balaban J connectivity index is 2.02. The Morgan fingerprint density at radius 3 is 2.48 bits per heavy atom. The number of amides is 1. The van der Waals surface area contributed by atoms with Crippen molar-refractivity contribution in [2.75, 3.05) is 6.54 Å². The van der Waals surface area contributed by atoms with Crippen LogP contribution in [0.25, 0.3) is 10.8 Å². The third kappa shape index (κ3) is 4.27. The second-order valence-electron chi connectivity index (χ2n) is 4.83. The van der Waals surface area contributed by atoms with E-state index in [1.54, 1.807) is 18.2 Å². The molecule has 0 saturated carbocycles. The van der Waals surface area contributed by atoms with Crippen molar-refractivity contribution in [3.8, 4) is 0 Å². The first kappa shape index (κ1) is 15.5. The van der Waals surface area contributed by atoms with Crippen LogP contribution in [0.2, 0.25) is 0 Å². The number of hydrogen-bond donors (Lipinski definition) is 2. The highest BCUT2D eigenvalue weighted by Crippen LogP contribution is 2.18. The summed E-state index contributed by atoms with van der Waals surface area (Å²) in [5, 5.41) is 1.88. The molecule has 0 unspecified atom stereocenters. The number of rotatable bonds is 7. The monoisotopic (exact) mass is 306 g/mol. The molecule has 6 heteroatoms. The molecule has 2 aromatic carbocycles. The molecule has 0 saturated heterocycles. The third-order valence-corrected chi connectivity index (χ3v) is 4.63. The number of nitrogens with two attached hydrogens (primary N) is 1. The van der Waals surface area contributed by atoms with Crippen LogP contribution in [0.3, 0.4) is 0 Å². The maximum Gasteiger partial charge on any atom is 0.240 e. The average Bonchev–Trinajstić information content (AvgIpc) is 2.46. The molecule has 0 fully saturated rings. The zero-order chi connectivity index (χ0) is 15.3. The van der Waals surface area contributed by atoms with Crippen LogP contribution in [0.1, 0.15) is 19.3 Å². The van der Waals surface area contributed by atoms with Crippen molar-refractivity contribution in [3.05, 3.63) is 42.5 Å². The Morgan fingerprint density at radius 1 is 1.05 bits per heavy atom. The number of benzene rings is 2. The summed E-state index contributed by atoms with van der Waals surface area (Å²) in [6.07, 6.45) is 1.43. The van der Waals surface area contributed by atoms with Crippen molar-refractivity contribution in [1.29, 1.82) is 0 Å². The van der Waals surface area contributed by atoms with Gasteiger partial charge in [-0.1, -0.05) is 30.3 Å². The normalized spacial score (nSPS) is 11.6. The fraction of sp³-hybridized carbons (Fsp3) is 0.267. The summed E-state index contributed by atoms with van der Waals surface area (Å²) in [5.74, 6) is -0.368. The van der Waals surface area contributed by atoms with E-state index in [-0.39, 0.29) is 17.2 Å². The van der Waals surface area contributed by atoms with Gasteiger partial charge in [0.2, 0.25) is 15.9 Å². The molecular weight excluding hydrogens is 288 g/mol. The van der Waals surface area contributed by atoms with Gasteiger partial charge in [0.05, 0.1) is 4.90 Å². The maximum absolute atomic E-state index is 12.2. The zero-order valence-electron chi connectivity index (χ0n) is 11.6. The molecule has 0 spiro atoms. The molecule has 0 atom stereocenters. The highest BCUT2D eigenvalue weighted by Gasteiger charge is 2.13. The van der Waals surface area contributed by atoms with Crippen LogP contribution in [0, 0.1) is 0 Å². The van der Waals surface area contributed by atoms with E-state index in [2.05, 4.69) is 4.72 Å². The first-order chi connectivity index (χ1) is 9.99. The molecule has 0 aliphatic carbocycles. The quantitative estimate of drug-likeness (QED) is 0.764. The fourth-order valence-corrected chi connectivity index (χ4v) is 3.16. The molecule has 2 rings (SSSR count). The summed E-state index contributed by atoms with van der Waals surface area (Å²) in [6.45, 7) is 0.294. The van der Waals surface area contributed by atoms with Crippen molar-refractivity contribution < 1.29 is 13.2 Å². The van der Waals surface area contributed by atoms with Gasteiger partial charge in [0.1, 0.15) is 0 Å². The van der Waals surface area contributed by atoms with Crippen LogP contribution in [-0.4, -0.2) is 20.9 Å². The first-order valence-electron chi connectivity index (χ1n) is 6.76. The van der Waals surface area contributed by atoms with Gasteiger partial charge < -0.3 is 5.73 Å². The predicted octanol–water partition coefficient (Wildman–Crippen LogP) is 1.77. The molecule has 2 aromatic rings. The topological polar surface area (TPSA) is 89.3 Å². The predicted molar refractivity (Wildman–Crippen MR) is 82.2 cm³/mol. The Kier molecular flexibility index (Phi) is 4.93. The van der Waals surface area contributed by atoms with Gasteiger partial charge in [0.15, 0.2) is 0 Å². The van der Waals surface area contributed by atoms with E-state index in [0.29, 0.717) is 19.4 Å². The number of fused-ring (bicyclic) bond motifs is 1. The van der Waals surface area contributed by atoms with Gasteiger partial charge in [0, 0.05) is 13.0 Å². The van der Waals surface area contributed by atoms with Crippen LogP contribution >= 0.6 is 0 Å². The number of hydrogen-bond acceptors (Lipinski definition) is 3. The standard InChI is InChI=1S/C15H18N2O3S/c16-15(18)7-3-4-10-17-21(19,20)14-9-8-12-5-1-2-6-13(12)11-14/h1-2,5-6,8-9,11,17H,3-4,7,10H2,(H2,16,18). The second kappa shape index (κ2) is 6.69. The fourth-order valence-electron chi connectivity index (χ4n) is 2.05. The molecule has 112 valence electrons. The van der Waals surface area contributed by atoms with Crippen LogP contribution in [0.4, 0.5) is 0 Å². The van der Waals surface area contributed by atoms with Gasteiger partial charge >= 0.3 is 0 Å². The van der Waals surface area contributed by atoms with E-state index in [0.717, 1.165) is 10.8 Å². The highest BCUT2D eigenvalue weighted by molar-refractivity contribution is 7.89. The lowest BCUT2D eigenvalue weighted by molar-refractivity contribution is -0.118. The van der Waals surface area contributed by atoms with Crippen molar-refractivity contribution in [2.24, 2.45) is 5.73 Å². The van der Waals surface area contributed by atoms with Crippen molar-refractivity contribution in [1.82, 2.24) is 4.72 Å². The summed E-state index contributed by atoms with van der Waals surface area (Å²) < 4.78 is 26.9. The first-order valence-corrected chi connectivity index (χ1v) is 8.24. The molecule has 5 nitrogen and oxygen atoms in total. The van der Waals surface area contributed by atoms with Crippen molar-refractivity contribution in [3.63, 3.8) is 0 Å². The molecule has 0 heterocycles. The minimum atomic E-state index is -3.52. The van der Waals surface area contributed by atoms with E-state index in [9.17, 15) is 13.2 Å². The molecule has 1 amide bonds. The third-order valence-electron chi connectivity index (χ3n) is 3.17. The molecule has 21 heavy (non-hydrogen) atoms. The van der Waals surface area contributed by atoms with Gasteiger partial charge in [-0.3, -0.25) is 4.79 Å². The van der Waals surface area contributed by atoms with Crippen LogP contribution in [0.5, 0.6) is 0 Å². The van der Waals surface area contributed by atoms with Crippen molar-refractivity contribution in [2.45, 2.75) is 24.2 Å². The van der Waals surface area contributed by atoms with E-state index in [4.69, 9.17) is 5.73 Å². The van der Waals surface area contributed by atoms with Gasteiger partial charge in [-0.25, -0.2) is 13.1 Å². The number of carbonyl (C=O) groups is 1. The number of sulfonamides is 1. The summed E-state index contributed by atoms with van der Waals surface area (Å²) in [5.41, 5.74) is 5.03.